The first-order valence-electron chi connectivity index (χ1n) is 7.68. The Morgan fingerprint density at radius 3 is 2.57 bits per heavy atom. The van der Waals surface area contributed by atoms with E-state index in [4.69, 9.17) is 0 Å². The quantitative estimate of drug-likeness (QED) is 0.907. The molecule has 0 spiro atoms. The van der Waals surface area contributed by atoms with E-state index in [-0.39, 0.29) is 0 Å². The van der Waals surface area contributed by atoms with Gasteiger partial charge in [-0.2, -0.15) is 0 Å². The lowest BCUT2D eigenvalue weighted by atomic mass is 10.0. The summed E-state index contributed by atoms with van der Waals surface area (Å²) >= 11 is 0. The van der Waals surface area contributed by atoms with Crippen LogP contribution < -0.4 is 10.2 Å². The van der Waals surface area contributed by atoms with E-state index in [1.165, 1.54) is 0 Å². The summed E-state index contributed by atoms with van der Waals surface area (Å²) in [4.78, 5) is 24.5. The van der Waals surface area contributed by atoms with Crippen molar-refractivity contribution < 1.29 is 4.79 Å². The number of nitrogens with zero attached hydrogens (tertiary/aromatic N) is 4. The van der Waals surface area contributed by atoms with Crippen LogP contribution in [0.5, 0.6) is 0 Å². The molecule has 1 aliphatic heterocycles. The molecule has 2 aliphatic rings. The fraction of sp³-hybridized carbons (Fsp3) is 0.667. The first kappa shape index (κ1) is 14.1. The summed E-state index contributed by atoms with van der Waals surface area (Å²) in [5.74, 6) is 2.46. The number of piperidine rings is 1. The first-order chi connectivity index (χ1) is 10.1. The molecule has 0 bridgehead atoms. The van der Waals surface area contributed by atoms with Crippen molar-refractivity contribution in [1.29, 1.82) is 0 Å². The number of amides is 1. The van der Waals surface area contributed by atoms with Crippen LogP contribution in [-0.2, 0) is 4.79 Å². The van der Waals surface area contributed by atoms with E-state index in [0.29, 0.717) is 17.9 Å². The molecule has 0 atom stereocenters. The van der Waals surface area contributed by atoms with Crippen molar-refractivity contribution in [3.63, 3.8) is 0 Å². The minimum absolute atomic E-state index is 0.332. The van der Waals surface area contributed by atoms with Crippen molar-refractivity contribution in [2.24, 2.45) is 5.92 Å². The largest absolute Gasteiger partial charge is 0.367 e. The fourth-order valence-electron chi connectivity index (χ4n) is 2.71. The highest BCUT2D eigenvalue weighted by Gasteiger charge is 2.34. The minimum atomic E-state index is 0.332. The van der Waals surface area contributed by atoms with Crippen LogP contribution in [0.4, 0.5) is 11.6 Å². The molecule has 3 rings (SSSR count). The van der Waals surface area contributed by atoms with Gasteiger partial charge in [-0.05, 0) is 25.7 Å². The van der Waals surface area contributed by atoms with E-state index < -0.39 is 0 Å². The molecule has 21 heavy (non-hydrogen) atoms. The number of hydrogen-bond acceptors (Lipinski definition) is 5. The zero-order valence-electron chi connectivity index (χ0n) is 12.7. The molecule has 2 heterocycles. The number of aromatic nitrogens is 2. The van der Waals surface area contributed by atoms with Crippen LogP contribution in [0, 0.1) is 5.92 Å². The highest BCUT2D eigenvalue weighted by molar-refractivity contribution is 5.81. The van der Waals surface area contributed by atoms with Crippen LogP contribution in [-0.4, -0.2) is 54.0 Å². The summed E-state index contributed by atoms with van der Waals surface area (Å²) in [6.07, 6.45) is 5.74. The minimum Gasteiger partial charge on any atom is -0.367 e. The van der Waals surface area contributed by atoms with Gasteiger partial charge in [0.25, 0.3) is 0 Å². The molecular weight excluding hydrogens is 266 g/mol. The van der Waals surface area contributed by atoms with E-state index in [1.54, 1.807) is 6.33 Å². The third-order valence-corrected chi connectivity index (χ3v) is 4.20. The summed E-state index contributed by atoms with van der Waals surface area (Å²) in [6, 6.07) is 2.35. The summed E-state index contributed by atoms with van der Waals surface area (Å²) in [5.41, 5.74) is 0. The Balaban J connectivity index is 1.53. The maximum atomic E-state index is 12.0. The molecule has 0 aromatic carbocycles. The van der Waals surface area contributed by atoms with Gasteiger partial charge in [-0.1, -0.05) is 0 Å². The van der Waals surface area contributed by atoms with Gasteiger partial charge in [0, 0.05) is 45.2 Å². The van der Waals surface area contributed by atoms with Gasteiger partial charge in [0.05, 0.1) is 0 Å². The Bertz CT molecular complexity index is 507. The summed E-state index contributed by atoms with van der Waals surface area (Å²) < 4.78 is 0. The predicted molar refractivity (Wildman–Crippen MR) is 82.3 cm³/mol. The molecule has 1 aromatic heterocycles. The number of nitrogens with one attached hydrogen (secondary N) is 1. The van der Waals surface area contributed by atoms with E-state index in [2.05, 4.69) is 15.3 Å². The number of likely N-dealkylation sites (tertiary alicyclic amines) is 1. The second-order valence-electron chi connectivity index (χ2n) is 6.17. The van der Waals surface area contributed by atoms with Crippen molar-refractivity contribution in [3.8, 4) is 0 Å². The van der Waals surface area contributed by atoms with Gasteiger partial charge in [0.2, 0.25) is 5.91 Å². The summed E-state index contributed by atoms with van der Waals surface area (Å²) in [7, 11) is 3.93. The van der Waals surface area contributed by atoms with E-state index in [9.17, 15) is 4.79 Å². The lowest BCUT2D eigenvalue weighted by Crippen LogP contribution is -2.43. The molecule has 6 nitrogen and oxygen atoms in total. The van der Waals surface area contributed by atoms with Crippen LogP contribution >= 0.6 is 0 Å². The molecule has 0 radical (unpaired) electrons. The molecule has 1 amide bonds. The summed E-state index contributed by atoms with van der Waals surface area (Å²) in [6.45, 7) is 1.72. The number of carbonyl (C=O) groups excluding carboxylic acids is 1. The first-order valence-corrected chi connectivity index (χ1v) is 7.68. The van der Waals surface area contributed by atoms with Crippen LogP contribution in [0.3, 0.4) is 0 Å². The third kappa shape index (κ3) is 3.43. The fourth-order valence-corrected chi connectivity index (χ4v) is 2.71. The van der Waals surface area contributed by atoms with Crippen molar-refractivity contribution in [1.82, 2.24) is 14.9 Å². The smallest absolute Gasteiger partial charge is 0.225 e. The van der Waals surface area contributed by atoms with Gasteiger partial charge < -0.3 is 15.1 Å². The second-order valence-corrected chi connectivity index (χ2v) is 6.17. The predicted octanol–water partition coefficient (Wildman–Crippen LogP) is 1.36. The van der Waals surface area contributed by atoms with E-state index in [0.717, 1.165) is 50.4 Å². The van der Waals surface area contributed by atoms with Gasteiger partial charge in [0.1, 0.15) is 18.0 Å². The molecule has 1 aromatic rings. The average molecular weight is 289 g/mol. The van der Waals surface area contributed by atoms with Gasteiger partial charge in [-0.15, -0.1) is 0 Å². The maximum absolute atomic E-state index is 12.0. The number of rotatable bonds is 4. The molecule has 6 heteroatoms. The molecule has 0 unspecified atom stereocenters. The zero-order valence-corrected chi connectivity index (χ0v) is 12.7. The van der Waals surface area contributed by atoms with E-state index >= 15 is 0 Å². The van der Waals surface area contributed by atoms with Gasteiger partial charge in [-0.3, -0.25) is 4.79 Å². The van der Waals surface area contributed by atoms with Crippen molar-refractivity contribution >= 4 is 17.5 Å². The van der Waals surface area contributed by atoms with E-state index in [1.807, 2.05) is 30.0 Å². The maximum Gasteiger partial charge on any atom is 0.225 e. The standard InChI is InChI=1S/C15H23N5O/c1-19(2)14-9-13(16-10-17-14)18-12-5-7-20(8-6-12)15(21)11-3-4-11/h9-12H,3-8H2,1-2H3,(H,16,17,18). The number of hydrogen-bond donors (Lipinski definition) is 1. The van der Waals surface area contributed by atoms with Crippen LogP contribution in [0.15, 0.2) is 12.4 Å². The normalized spacial score (nSPS) is 19.4. The molecule has 1 N–H and O–H groups in total. The van der Waals surface area contributed by atoms with Gasteiger partial charge >= 0.3 is 0 Å². The lowest BCUT2D eigenvalue weighted by Gasteiger charge is -2.32. The Morgan fingerprint density at radius 1 is 1.24 bits per heavy atom. The highest BCUT2D eigenvalue weighted by Crippen LogP contribution is 2.32. The highest BCUT2D eigenvalue weighted by atomic mass is 16.2. The molecule has 1 saturated heterocycles. The molecule has 1 saturated carbocycles. The molecule has 2 fully saturated rings. The Morgan fingerprint density at radius 2 is 1.95 bits per heavy atom. The Kier molecular flexibility index (Phi) is 3.94. The average Bonchev–Trinajstić information content (AvgIpc) is 3.32. The van der Waals surface area contributed by atoms with Crippen molar-refractivity contribution in [3.05, 3.63) is 12.4 Å². The monoisotopic (exact) mass is 289 g/mol. The van der Waals surface area contributed by atoms with Crippen LogP contribution in [0.2, 0.25) is 0 Å². The molecule has 1 aliphatic carbocycles. The second kappa shape index (κ2) is 5.87. The van der Waals surface area contributed by atoms with Crippen molar-refractivity contribution in [2.45, 2.75) is 31.7 Å². The van der Waals surface area contributed by atoms with Gasteiger partial charge in [-0.25, -0.2) is 9.97 Å². The summed E-state index contributed by atoms with van der Waals surface area (Å²) in [5, 5.41) is 3.46. The zero-order chi connectivity index (χ0) is 14.8. The Hall–Kier alpha value is -1.85. The third-order valence-electron chi connectivity index (χ3n) is 4.20. The molecular formula is C15H23N5O. The topological polar surface area (TPSA) is 61.4 Å². The van der Waals surface area contributed by atoms with Crippen LogP contribution in [0.25, 0.3) is 0 Å². The number of anilines is 2. The van der Waals surface area contributed by atoms with Crippen molar-refractivity contribution in [2.75, 3.05) is 37.4 Å². The lowest BCUT2D eigenvalue weighted by molar-refractivity contribution is -0.133. The van der Waals surface area contributed by atoms with Gasteiger partial charge in [0.15, 0.2) is 0 Å². The Labute approximate surface area is 125 Å². The SMILES string of the molecule is CN(C)c1cc(NC2CCN(C(=O)C3CC3)CC2)ncn1. The van der Waals surface area contributed by atoms with Crippen LogP contribution in [0.1, 0.15) is 25.7 Å². The molecule has 114 valence electrons. The number of carbonyl (C=O) groups is 1.